The quantitative estimate of drug-likeness (QED) is 0.455. The summed E-state index contributed by atoms with van der Waals surface area (Å²) in [5.41, 5.74) is 4.90. The van der Waals surface area contributed by atoms with Gasteiger partial charge in [0.2, 0.25) is 0 Å². The van der Waals surface area contributed by atoms with Gasteiger partial charge in [0.15, 0.2) is 5.13 Å². The van der Waals surface area contributed by atoms with Crippen LogP contribution in [0.4, 0.5) is 5.13 Å². The van der Waals surface area contributed by atoms with Crippen LogP contribution in [-0.2, 0) is 6.42 Å². The minimum atomic E-state index is -0.163. The number of anilines is 1. The van der Waals surface area contributed by atoms with Crippen molar-refractivity contribution >= 4 is 44.2 Å². The van der Waals surface area contributed by atoms with Crippen molar-refractivity contribution in [2.45, 2.75) is 13.3 Å². The van der Waals surface area contributed by atoms with Crippen molar-refractivity contribution in [2.24, 2.45) is 0 Å². The number of aryl methyl sites for hydroxylation is 1. The summed E-state index contributed by atoms with van der Waals surface area (Å²) >= 11 is 7.53. The third kappa shape index (κ3) is 4.02. The zero-order valence-electron chi connectivity index (χ0n) is 14.7. The minimum absolute atomic E-state index is 0.163. The molecule has 134 valence electrons. The Morgan fingerprint density at radius 3 is 2.48 bits per heavy atom. The Morgan fingerprint density at radius 2 is 1.74 bits per heavy atom. The number of carbonyl (C=O) groups excluding carboxylic acids is 1. The molecule has 0 bridgehead atoms. The Morgan fingerprint density at radius 1 is 1.04 bits per heavy atom. The average molecular weight is 393 g/mol. The molecule has 0 spiro atoms. The molecule has 0 radical (unpaired) electrons. The predicted octanol–water partition coefficient (Wildman–Crippen LogP) is 6.10. The maximum atomic E-state index is 12.5. The monoisotopic (exact) mass is 392 g/mol. The molecule has 1 N–H and O–H groups in total. The highest BCUT2D eigenvalue weighted by Crippen LogP contribution is 2.31. The second-order valence-corrected chi connectivity index (χ2v) is 7.87. The van der Waals surface area contributed by atoms with Crippen molar-refractivity contribution in [3.63, 3.8) is 0 Å². The molecule has 0 aliphatic carbocycles. The lowest BCUT2D eigenvalue weighted by Gasteiger charge is -2.05. The Balaban J connectivity index is 1.49. The molecular weight excluding hydrogens is 376 g/mol. The van der Waals surface area contributed by atoms with Crippen LogP contribution in [0.1, 0.15) is 27.0 Å². The molecule has 4 rings (SSSR count). The predicted molar refractivity (Wildman–Crippen MR) is 113 cm³/mol. The molecule has 0 fully saturated rings. The molecule has 27 heavy (non-hydrogen) atoms. The van der Waals surface area contributed by atoms with E-state index < -0.39 is 0 Å². The smallest absolute Gasteiger partial charge is 0.257 e. The van der Waals surface area contributed by atoms with E-state index in [1.54, 1.807) is 0 Å². The van der Waals surface area contributed by atoms with E-state index in [1.165, 1.54) is 22.5 Å². The molecular formula is C22H17ClN2OS. The van der Waals surface area contributed by atoms with Gasteiger partial charge in [0.25, 0.3) is 5.91 Å². The fourth-order valence-electron chi connectivity index (χ4n) is 2.98. The van der Waals surface area contributed by atoms with E-state index in [0.29, 0.717) is 15.7 Å². The van der Waals surface area contributed by atoms with Gasteiger partial charge >= 0.3 is 0 Å². The summed E-state index contributed by atoms with van der Waals surface area (Å²) in [6.07, 6.45) is 0.848. The highest BCUT2D eigenvalue weighted by atomic mass is 35.5. The molecule has 5 heteroatoms. The minimum Gasteiger partial charge on any atom is -0.298 e. The van der Waals surface area contributed by atoms with E-state index in [9.17, 15) is 4.79 Å². The lowest BCUT2D eigenvalue weighted by Crippen LogP contribution is -2.11. The molecule has 1 amide bonds. The number of fused-ring (bicyclic) bond motifs is 1. The first kappa shape index (κ1) is 17.7. The van der Waals surface area contributed by atoms with Gasteiger partial charge in [-0.3, -0.25) is 10.1 Å². The molecule has 4 aromatic rings. The van der Waals surface area contributed by atoms with Crippen molar-refractivity contribution in [1.29, 1.82) is 0 Å². The topological polar surface area (TPSA) is 42.0 Å². The lowest BCUT2D eigenvalue weighted by atomic mass is 10.0. The van der Waals surface area contributed by atoms with E-state index in [1.807, 2.05) is 61.5 Å². The third-order valence-corrected chi connectivity index (χ3v) is 5.47. The summed E-state index contributed by atoms with van der Waals surface area (Å²) < 4.78 is 0.966. The van der Waals surface area contributed by atoms with Crippen LogP contribution in [0.3, 0.4) is 0 Å². The number of hydrogen-bond donors (Lipinski definition) is 1. The van der Waals surface area contributed by atoms with E-state index in [4.69, 9.17) is 11.6 Å². The molecule has 0 aliphatic rings. The summed E-state index contributed by atoms with van der Waals surface area (Å²) in [6.45, 7) is 1.96. The van der Waals surface area contributed by atoms with Gasteiger partial charge in [0, 0.05) is 10.6 Å². The normalized spacial score (nSPS) is 10.9. The zero-order valence-corrected chi connectivity index (χ0v) is 16.3. The van der Waals surface area contributed by atoms with Crippen LogP contribution in [0, 0.1) is 6.92 Å². The molecule has 0 unspecified atom stereocenters. The second-order valence-electron chi connectivity index (χ2n) is 6.40. The van der Waals surface area contributed by atoms with Crippen LogP contribution in [0.15, 0.2) is 66.7 Å². The first-order valence-electron chi connectivity index (χ1n) is 8.59. The molecule has 1 heterocycles. The van der Waals surface area contributed by atoms with E-state index in [-0.39, 0.29) is 5.91 Å². The average Bonchev–Trinajstić information content (AvgIpc) is 3.06. The maximum Gasteiger partial charge on any atom is 0.257 e. The van der Waals surface area contributed by atoms with Crippen molar-refractivity contribution in [3.05, 3.63) is 94.0 Å². The maximum absolute atomic E-state index is 12.5. The Kier molecular flexibility index (Phi) is 4.92. The number of benzene rings is 3. The number of nitrogens with zero attached hydrogens (tertiary/aromatic N) is 1. The summed E-state index contributed by atoms with van der Waals surface area (Å²) in [7, 11) is 0. The number of carbonyl (C=O) groups is 1. The van der Waals surface area contributed by atoms with Gasteiger partial charge in [-0.2, -0.15) is 0 Å². The summed E-state index contributed by atoms with van der Waals surface area (Å²) in [5.74, 6) is -0.163. The number of nitrogens with one attached hydrogen (secondary N) is 1. The number of aromatic nitrogens is 1. The van der Waals surface area contributed by atoms with Gasteiger partial charge in [-0.25, -0.2) is 4.98 Å². The van der Waals surface area contributed by atoms with Gasteiger partial charge in [0.1, 0.15) is 0 Å². The number of halogens is 1. The highest BCUT2D eigenvalue weighted by molar-refractivity contribution is 7.22. The van der Waals surface area contributed by atoms with Crippen LogP contribution < -0.4 is 5.32 Å². The van der Waals surface area contributed by atoms with Crippen molar-refractivity contribution < 1.29 is 4.79 Å². The van der Waals surface area contributed by atoms with Crippen LogP contribution in [0.2, 0.25) is 5.02 Å². The van der Waals surface area contributed by atoms with E-state index >= 15 is 0 Å². The van der Waals surface area contributed by atoms with Crippen LogP contribution in [-0.4, -0.2) is 10.9 Å². The zero-order chi connectivity index (χ0) is 18.8. The highest BCUT2D eigenvalue weighted by Gasteiger charge is 2.12. The van der Waals surface area contributed by atoms with Gasteiger partial charge in [-0.15, -0.1) is 0 Å². The standard InChI is InChI=1S/C22H17ClN2OS/c1-14-11-18(23)13-19-20(14)24-22(27-19)25-21(26)17-9-7-16(8-10-17)12-15-5-3-2-4-6-15/h2-11,13H,12H2,1H3,(H,24,25,26). The Labute approximate surface area is 166 Å². The van der Waals surface area contributed by atoms with Crippen molar-refractivity contribution in [2.75, 3.05) is 5.32 Å². The second kappa shape index (κ2) is 7.51. The fourth-order valence-corrected chi connectivity index (χ4v) is 4.30. The largest absolute Gasteiger partial charge is 0.298 e. The molecule has 1 aromatic heterocycles. The van der Waals surface area contributed by atoms with Crippen molar-refractivity contribution in [1.82, 2.24) is 4.98 Å². The third-order valence-electron chi connectivity index (χ3n) is 4.34. The number of hydrogen-bond acceptors (Lipinski definition) is 3. The number of rotatable bonds is 4. The molecule has 3 nitrogen and oxygen atoms in total. The lowest BCUT2D eigenvalue weighted by molar-refractivity contribution is 0.102. The molecule has 3 aromatic carbocycles. The number of thiazole rings is 1. The summed E-state index contributed by atoms with van der Waals surface area (Å²) in [6, 6.07) is 21.7. The Bertz CT molecular complexity index is 1100. The van der Waals surface area contributed by atoms with Crippen molar-refractivity contribution in [3.8, 4) is 0 Å². The first-order valence-corrected chi connectivity index (χ1v) is 9.79. The Hall–Kier alpha value is -2.69. The van der Waals surface area contributed by atoms with Crippen LogP contribution in [0.5, 0.6) is 0 Å². The fraction of sp³-hybridized carbons (Fsp3) is 0.0909. The van der Waals surface area contributed by atoms with Gasteiger partial charge in [-0.05, 0) is 54.3 Å². The number of amides is 1. The molecule has 0 aliphatic heterocycles. The molecule has 0 saturated heterocycles. The molecule has 0 atom stereocenters. The SMILES string of the molecule is Cc1cc(Cl)cc2sc(NC(=O)c3ccc(Cc4ccccc4)cc3)nc12. The summed E-state index contributed by atoms with van der Waals surface area (Å²) in [5, 5.41) is 4.14. The van der Waals surface area contributed by atoms with Crippen LogP contribution in [0.25, 0.3) is 10.2 Å². The summed E-state index contributed by atoms with van der Waals surface area (Å²) in [4.78, 5) is 17.1. The first-order chi connectivity index (χ1) is 13.1. The molecule has 0 saturated carbocycles. The van der Waals surface area contributed by atoms with E-state index in [0.717, 1.165) is 22.2 Å². The van der Waals surface area contributed by atoms with Gasteiger partial charge in [-0.1, -0.05) is 65.4 Å². The van der Waals surface area contributed by atoms with E-state index in [2.05, 4.69) is 22.4 Å². The van der Waals surface area contributed by atoms with Gasteiger partial charge < -0.3 is 0 Å². The van der Waals surface area contributed by atoms with Gasteiger partial charge in [0.05, 0.1) is 10.2 Å². The van der Waals surface area contributed by atoms with Crippen LogP contribution >= 0.6 is 22.9 Å².